The molecule has 5 heteroatoms. The van der Waals surface area contributed by atoms with Gasteiger partial charge in [0.25, 0.3) is 0 Å². The van der Waals surface area contributed by atoms with E-state index in [1.807, 2.05) is 13.1 Å². The molecule has 0 saturated carbocycles. The van der Waals surface area contributed by atoms with Crippen molar-refractivity contribution in [3.05, 3.63) is 40.4 Å². The fourth-order valence-electron chi connectivity index (χ4n) is 1.32. The van der Waals surface area contributed by atoms with Gasteiger partial charge in [-0.15, -0.1) is 0 Å². The van der Waals surface area contributed by atoms with Crippen LogP contribution in [0.5, 0.6) is 0 Å². The minimum absolute atomic E-state index is 0.0908. The molecule has 0 aliphatic heterocycles. The Kier molecular flexibility index (Phi) is 5.02. The molecule has 1 N–H and O–H groups in total. The second kappa shape index (κ2) is 6.07. The van der Waals surface area contributed by atoms with Gasteiger partial charge in [-0.05, 0) is 43.8 Å². The maximum atomic E-state index is 12.5. The Bertz CT molecular complexity index is 399. The van der Waals surface area contributed by atoms with Crippen LogP contribution in [0.4, 0.5) is 13.2 Å². The van der Waals surface area contributed by atoms with Crippen LogP contribution < -0.4 is 5.32 Å². The Morgan fingerprint density at radius 3 is 2.59 bits per heavy atom. The molecule has 1 aromatic carbocycles. The van der Waals surface area contributed by atoms with Crippen LogP contribution in [-0.4, -0.2) is 13.6 Å². The lowest BCUT2D eigenvalue weighted by atomic mass is 10.1. The summed E-state index contributed by atoms with van der Waals surface area (Å²) in [6.07, 6.45) is -0.163. The highest BCUT2D eigenvalue weighted by Gasteiger charge is 2.30. The van der Waals surface area contributed by atoms with Crippen molar-refractivity contribution in [2.24, 2.45) is 0 Å². The Hall–Kier alpha value is -1.00. The number of halogens is 4. The first-order chi connectivity index (χ1) is 7.93. The molecule has 1 aromatic rings. The monoisotopic (exact) mass is 263 g/mol. The fourth-order valence-corrected chi connectivity index (χ4v) is 1.56. The van der Waals surface area contributed by atoms with Crippen LogP contribution in [0.1, 0.15) is 17.5 Å². The van der Waals surface area contributed by atoms with E-state index in [2.05, 4.69) is 5.32 Å². The minimum atomic E-state index is -4.36. The third-order valence-corrected chi connectivity index (χ3v) is 2.34. The van der Waals surface area contributed by atoms with Gasteiger partial charge < -0.3 is 5.32 Å². The lowest BCUT2D eigenvalue weighted by Crippen LogP contribution is -2.06. The summed E-state index contributed by atoms with van der Waals surface area (Å²) in [5.41, 5.74) is -0.265. The Morgan fingerprint density at radius 2 is 2.00 bits per heavy atom. The van der Waals surface area contributed by atoms with Crippen LogP contribution in [0.25, 0.3) is 6.08 Å². The molecule has 0 bridgehead atoms. The van der Waals surface area contributed by atoms with Gasteiger partial charge in [0, 0.05) is 5.02 Å². The molecule has 0 radical (unpaired) electrons. The molecule has 0 atom stereocenters. The number of benzene rings is 1. The third kappa shape index (κ3) is 4.79. The van der Waals surface area contributed by atoms with Crippen molar-refractivity contribution in [2.45, 2.75) is 12.6 Å². The first-order valence-corrected chi connectivity index (χ1v) is 5.50. The highest BCUT2D eigenvalue weighted by molar-refractivity contribution is 6.30. The van der Waals surface area contributed by atoms with E-state index in [0.717, 1.165) is 25.1 Å². The van der Waals surface area contributed by atoms with Crippen molar-refractivity contribution >= 4 is 17.7 Å². The summed E-state index contributed by atoms with van der Waals surface area (Å²) in [5.74, 6) is 0. The van der Waals surface area contributed by atoms with Gasteiger partial charge in [0.1, 0.15) is 0 Å². The predicted molar refractivity (Wildman–Crippen MR) is 64.0 cm³/mol. The second-order valence-corrected chi connectivity index (χ2v) is 4.00. The lowest BCUT2D eigenvalue weighted by molar-refractivity contribution is -0.137. The number of nitrogens with one attached hydrogen (secondary N) is 1. The Labute approximate surface area is 103 Å². The molecule has 94 valence electrons. The van der Waals surface area contributed by atoms with E-state index < -0.39 is 11.7 Å². The highest BCUT2D eigenvalue weighted by Crippen LogP contribution is 2.32. The van der Waals surface area contributed by atoms with E-state index >= 15 is 0 Å². The SMILES string of the molecule is CNCCC=Cc1cc(Cl)cc(C(F)(F)F)c1. The van der Waals surface area contributed by atoms with Crippen LogP contribution in [0.3, 0.4) is 0 Å². The summed E-state index contributed by atoms with van der Waals surface area (Å²) < 4.78 is 37.5. The predicted octanol–water partition coefficient (Wildman–Crippen LogP) is 3.98. The maximum Gasteiger partial charge on any atom is 0.416 e. The van der Waals surface area contributed by atoms with Gasteiger partial charge in [-0.2, -0.15) is 13.2 Å². The van der Waals surface area contributed by atoms with Crippen LogP contribution >= 0.6 is 11.6 Å². The lowest BCUT2D eigenvalue weighted by Gasteiger charge is -2.08. The standard InChI is InChI=1S/C12H13ClF3N/c1-17-5-3-2-4-9-6-10(12(14,15)16)8-11(13)7-9/h2,4,6-8,17H,3,5H2,1H3. The molecule has 0 fully saturated rings. The van der Waals surface area contributed by atoms with Crippen molar-refractivity contribution in [1.82, 2.24) is 5.32 Å². The molecule has 1 nitrogen and oxygen atoms in total. The minimum Gasteiger partial charge on any atom is -0.319 e. The molecule has 0 aliphatic carbocycles. The quantitative estimate of drug-likeness (QED) is 0.810. The zero-order valence-electron chi connectivity index (χ0n) is 9.31. The first kappa shape index (κ1) is 14.1. The summed E-state index contributed by atoms with van der Waals surface area (Å²) in [5, 5.41) is 3.03. The summed E-state index contributed by atoms with van der Waals surface area (Å²) in [6.45, 7) is 0.781. The molecular weight excluding hydrogens is 251 g/mol. The fraction of sp³-hybridized carbons (Fsp3) is 0.333. The smallest absolute Gasteiger partial charge is 0.319 e. The molecule has 0 heterocycles. The van der Waals surface area contributed by atoms with Crippen molar-refractivity contribution in [3.8, 4) is 0 Å². The van der Waals surface area contributed by atoms with E-state index in [1.165, 1.54) is 6.07 Å². The average molecular weight is 264 g/mol. The molecule has 0 aromatic heterocycles. The molecule has 0 amide bonds. The molecule has 0 saturated heterocycles. The summed E-state index contributed by atoms with van der Waals surface area (Å²) in [6, 6.07) is 3.51. The van der Waals surface area contributed by atoms with E-state index in [0.29, 0.717) is 5.56 Å². The summed E-state index contributed by atoms with van der Waals surface area (Å²) in [4.78, 5) is 0. The van der Waals surface area contributed by atoms with E-state index in [4.69, 9.17) is 11.6 Å². The number of rotatable bonds is 4. The largest absolute Gasteiger partial charge is 0.416 e. The van der Waals surface area contributed by atoms with Gasteiger partial charge in [-0.25, -0.2) is 0 Å². The van der Waals surface area contributed by atoms with Crippen molar-refractivity contribution in [1.29, 1.82) is 0 Å². The average Bonchev–Trinajstić information content (AvgIpc) is 2.22. The number of alkyl halides is 3. The third-order valence-electron chi connectivity index (χ3n) is 2.12. The van der Waals surface area contributed by atoms with E-state index in [9.17, 15) is 13.2 Å². The zero-order chi connectivity index (χ0) is 12.9. The molecule has 1 rings (SSSR count). The number of hydrogen-bond donors (Lipinski definition) is 1. The molecule has 0 unspecified atom stereocenters. The van der Waals surface area contributed by atoms with Gasteiger partial charge in [-0.3, -0.25) is 0 Å². The molecule has 0 aliphatic rings. The van der Waals surface area contributed by atoms with Gasteiger partial charge in [0.05, 0.1) is 5.56 Å². The molecule has 17 heavy (non-hydrogen) atoms. The number of hydrogen-bond acceptors (Lipinski definition) is 1. The van der Waals surface area contributed by atoms with Crippen LogP contribution in [0.15, 0.2) is 24.3 Å². The van der Waals surface area contributed by atoms with E-state index in [-0.39, 0.29) is 5.02 Å². The normalized spacial score (nSPS) is 12.3. The van der Waals surface area contributed by atoms with Crippen LogP contribution in [0.2, 0.25) is 5.02 Å². The maximum absolute atomic E-state index is 12.5. The summed E-state index contributed by atoms with van der Waals surface area (Å²) in [7, 11) is 1.81. The second-order valence-electron chi connectivity index (χ2n) is 3.57. The van der Waals surface area contributed by atoms with E-state index in [1.54, 1.807) is 6.08 Å². The topological polar surface area (TPSA) is 12.0 Å². The highest BCUT2D eigenvalue weighted by atomic mass is 35.5. The van der Waals surface area contributed by atoms with Gasteiger partial charge in [-0.1, -0.05) is 23.8 Å². The van der Waals surface area contributed by atoms with Gasteiger partial charge in [0.2, 0.25) is 0 Å². The zero-order valence-corrected chi connectivity index (χ0v) is 10.1. The molecular formula is C12H13ClF3N. The molecule has 0 spiro atoms. The van der Waals surface area contributed by atoms with Crippen LogP contribution in [-0.2, 0) is 6.18 Å². The van der Waals surface area contributed by atoms with Gasteiger partial charge >= 0.3 is 6.18 Å². The first-order valence-electron chi connectivity index (χ1n) is 5.12. The van der Waals surface area contributed by atoms with Crippen molar-refractivity contribution in [2.75, 3.05) is 13.6 Å². The summed E-state index contributed by atoms with van der Waals surface area (Å²) >= 11 is 5.65. The Morgan fingerprint density at radius 1 is 1.29 bits per heavy atom. The van der Waals surface area contributed by atoms with Crippen LogP contribution in [0, 0.1) is 0 Å². The van der Waals surface area contributed by atoms with Gasteiger partial charge in [0.15, 0.2) is 0 Å². The Balaban J connectivity index is 2.87. The van der Waals surface area contributed by atoms with Crippen molar-refractivity contribution < 1.29 is 13.2 Å². The van der Waals surface area contributed by atoms with Crippen molar-refractivity contribution in [3.63, 3.8) is 0 Å².